The third kappa shape index (κ3) is 6.69. The number of nitrogens with zero attached hydrogens (tertiary/aromatic N) is 1. The molecule has 5 saturated carbocycles. The van der Waals surface area contributed by atoms with E-state index in [1.165, 1.54) is 0 Å². The molecule has 58 heavy (non-hydrogen) atoms. The number of amides is 2. The summed E-state index contributed by atoms with van der Waals surface area (Å²) in [4.78, 5) is 67.3. The second kappa shape index (κ2) is 14.7. The number of ketones is 1. The van der Waals surface area contributed by atoms with Crippen LogP contribution < -0.4 is 10.6 Å². The molecule has 0 saturated heterocycles. The van der Waals surface area contributed by atoms with Crippen molar-refractivity contribution in [1.82, 2.24) is 15.5 Å². The van der Waals surface area contributed by atoms with Gasteiger partial charge in [0.25, 0.3) is 0 Å². The molecule has 6 rings (SSSR count). The molecule has 11 heteroatoms. The van der Waals surface area contributed by atoms with Crippen LogP contribution in [0, 0.1) is 68.0 Å². The van der Waals surface area contributed by atoms with Gasteiger partial charge in [-0.05, 0) is 137 Å². The van der Waals surface area contributed by atoms with Crippen molar-refractivity contribution >= 4 is 29.5 Å². The number of aliphatic hydroxyl groups excluding tert-OH is 1. The highest BCUT2D eigenvalue weighted by molar-refractivity contribution is 6.01. The Bertz CT molecular complexity index is 1750. The first kappa shape index (κ1) is 44.8. The fourth-order valence-corrected chi connectivity index (χ4v) is 14.6. The summed E-state index contributed by atoms with van der Waals surface area (Å²) in [5, 5.41) is 27.7. The molecule has 0 aromatic heterocycles. The zero-order valence-corrected chi connectivity index (χ0v) is 37.9. The number of nitrogens with one attached hydrogen (secondary N) is 2. The summed E-state index contributed by atoms with van der Waals surface area (Å²) < 4.78 is 6.40. The van der Waals surface area contributed by atoms with E-state index >= 15 is 0 Å². The molecule has 0 spiro atoms. The van der Waals surface area contributed by atoms with Crippen LogP contribution in [0.5, 0.6) is 0 Å². The second-order valence-electron chi connectivity index (χ2n) is 22.8. The van der Waals surface area contributed by atoms with E-state index in [2.05, 4.69) is 59.1 Å². The van der Waals surface area contributed by atoms with Crippen molar-refractivity contribution in [2.75, 3.05) is 27.2 Å². The van der Waals surface area contributed by atoms with Crippen LogP contribution in [0.3, 0.4) is 0 Å². The minimum absolute atomic E-state index is 0.00372. The number of fused-ring (bicyclic) bond motifs is 7. The number of aliphatic hydroxyl groups is 1. The van der Waals surface area contributed by atoms with Crippen LogP contribution in [-0.4, -0.2) is 89.6 Å². The molecule has 0 bridgehead atoms. The summed E-state index contributed by atoms with van der Waals surface area (Å²) in [6.45, 7) is 23.5. The first-order valence-corrected chi connectivity index (χ1v) is 22.2. The molecule has 4 N–H and O–H groups in total. The number of hydrogen-bond acceptors (Lipinski definition) is 8. The van der Waals surface area contributed by atoms with Crippen LogP contribution >= 0.6 is 0 Å². The number of Topliss-reactive ketones (excluding diaryl/α,β-unsaturated/α-hetero) is 1. The Morgan fingerprint density at radius 2 is 1.52 bits per heavy atom. The first-order chi connectivity index (χ1) is 26.6. The summed E-state index contributed by atoms with van der Waals surface area (Å²) in [5.74, 6) is -1.64. The maximum atomic E-state index is 14.1. The van der Waals surface area contributed by atoms with Crippen LogP contribution in [0.1, 0.15) is 140 Å². The maximum absolute atomic E-state index is 14.1. The second-order valence-corrected chi connectivity index (χ2v) is 22.8. The predicted octanol–water partition coefficient (Wildman–Crippen LogP) is 6.56. The minimum Gasteiger partial charge on any atom is -0.481 e. The van der Waals surface area contributed by atoms with Gasteiger partial charge in [0.1, 0.15) is 11.6 Å². The topological polar surface area (TPSA) is 162 Å². The zero-order chi connectivity index (χ0) is 43.3. The molecule has 0 unspecified atom stereocenters. The van der Waals surface area contributed by atoms with Crippen LogP contribution in [0.2, 0.25) is 0 Å². The number of carbonyl (C=O) groups is 5. The van der Waals surface area contributed by atoms with Crippen LogP contribution in [0.4, 0.5) is 0 Å². The molecule has 2 amide bonds. The Kier molecular flexibility index (Phi) is 11.3. The standard InChI is InChI=1S/C47H75N3O8/c1-26(2)36-30(51)23-47(33(52)24-48-40(57)43(7,8)49-35(53)25-50(12)13)21-20-45(10)27(37(36)47)14-15-32-44(9)18-17-34(42(5,6)31(44)16-19-46(32,45)11)58-39(56)29-22-28(38(54)55)41(29,3)4/h26-29,31-34,52H,14-25H2,1-13H3,(H,48,57)(H,49,53)(H,54,55)/t27-,28+,29-,31+,32-,33+,34+,44+,45-,46-,47+/m1/s1. The summed E-state index contributed by atoms with van der Waals surface area (Å²) in [7, 11) is 3.58. The van der Waals surface area contributed by atoms with Gasteiger partial charge in [0.2, 0.25) is 11.8 Å². The van der Waals surface area contributed by atoms with Crippen molar-refractivity contribution in [1.29, 1.82) is 0 Å². The lowest BCUT2D eigenvalue weighted by Gasteiger charge is -2.72. The van der Waals surface area contributed by atoms with Crippen LogP contribution in [-0.2, 0) is 28.7 Å². The smallest absolute Gasteiger partial charge is 0.309 e. The molecule has 0 aromatic carbocycles. The predicted molar refractivity (Wildman–Crippen MR) is 222 cm³/mol. The SMILES string of the molecule is CC(C)C1=C2[C@H]3CC[C@@H]4[C@@]5(C)CC[C@H](OC(=O)[C@H]6C[C@@H](C(=O)O)C6(C)C)C(C)(C)[C@@H]5CC[C@@]4(C)[C@]3(C)CC[C@@]2([C@@H](O)CNC(=O)C(C)(C)NC(=O)CN(C)C)CC1=O. The molecular formula is C47H75N3O8. The van der Waals surface area contributed by atoms with Crippen molar-refractivity contribution in [2.24, 2.45) is 68.0 Å². The zero-order valence-electron chi connectivity index (χ0n) is 37.9. The van der Waals surface area contributed by atoms with Gasteiger partial charge in [-0.2, -0.15) is 0 Å². The van der Waals surface area contributed by atoms with Gasteiger partial charge in [0.05, 0.1) is 24.5 Å². The number of hydrogen-bond donors (Lipinski definition) is 4. The summed E-state index contributed by atoms with van der Waals surface area (Å²) >= 11 is 0. The van der Waals surface area contributed by atoms with E-state index in [9.17, 15) is 34.2 Å². The highest BCUT2D eigenvalue weighted by Gasteiger charge is 2.71. The lowest BCUT2D eigenvalue weighted by molar-refractivity contribution is -0.238. The molecule has 0 aromatic rings. The van der Waals surface area contributed by atoms with E-state index in [1.807, 2.05) is 13.8 Å². The lowest BCUT2D eigenvalue weighted by Crippen LogP contribution is -2.66. The molecular weight excluding hydrogens is 735 g/mol. The van der Waals surface area contributed by atoms with Crippen molar-refractivity contribution < 1.29 is 38.9 Å². The third-order valence-corrected chi connectivity index (χ3v) is 18.1. The molecule has 5 fully saturated rings. The van der Waals surface area contributed by atoms with Crippen molar-refractivity contribution in [3.63, 3.8) is 0 Å². The lowest BCUT2D eigenvalue weighted by atomic mass is 9.33. The molecule has 6 aliphatic rings. The normalized spacial score (nSPS) is 39.4. The summed E-state index contributed by atoms with van der Waals surface area (Å²) in [6, 6.07) is 0. The third-order valence-electron chi connectivity index (χ3n) is 18.1. The van der Waals surface area contributed by atoms with E-state index in [4.69, 9.17) is 4.74 Å². The maximum Gasteiger partial charge on any atom is 0.309 e. The number of carboxylic acids is 1. The van der Waals surface area contributed by atoms with Gasteiger partial charge in [0.15, 0.2) is 5.78 Å². The molecule has 0 radical (unpaired) electrons. The van der Waals surface area contributed by atoms with Crippen molar-refractivity contribution in [3.8, 4) is 0 Å². The van der Waals surface area contributed by atoms with Gasteiger partial charge in [-0.3, -0.25) is 24.0 Å². The quantitative estimate of drug-likeness (QED) is 0.170. The molecule has 11 atom stereocenters. The fraction of sp³-hybridized carbons (Fsp3) is 0.851. The Morgan fingerprint density at radius 1 is 0.862 bits per heavy atom. The summed E-state index contributed by atoms with van der Waals surface area (Å²) in [5.41, 5.74) is -0.907. The van der Waals surface area contributed by atoms with Gasteiger partial charge < -0.3 is 30.5 Å². The van der Waals surface area contributed by atoms with Gasteiger partial charge >= 0.3 is 11.9 Å². The van der Waals surface area contributed by atoms with Crippen molar-refractivity contribution in [3.05, 3.63) is 11.1 Å². The Hall–Kier alpha value is -2.79. The monoisotopic (exact) mass is 810 g/mol. The van der Waals surface area contributed by atoms with Crippen LogP contribution in [0.15, 0.2) is 11.1 Å². The van der Waals surface area contributed by atoms with E-state index < -0.39 is 40.3 Å². The van der Waals surface area contributed by atoms with E-state index in [1.54, 1.807) is 32.8 Å². The minimum atomic E-state index is -1.18. The number of carbonyl (C=O) groups excluding carboxylic acids is 4. The summed E-state index contributed by atoms with van der Waals surface area (Å²) in [6.07, 6.45) is 6.68. The molecule has 0 aliphatic heterocycles. The molecule has 11 nitrogen and oxygen atoms in total. The highest BCUT2D eigenvalue weighted by Crippen LogP contribution is 2.77. The number of ether oxygens (including phenoxy) is 1. The molecule has 0 heterocycles. The van der Waals surface area contributed by atoms with Crippen LogP contribution in [0.25, 0.3) is 0 Å². The average molecular weight is 810 g/mol. The van der Waals surface area contributed by atoms with E-state index in [0.29, 0.717) is 24.7 Å². The molecule has 6 aliphatic carbocycles. The number of carboxylic acid groups (broad SMARTS) is 1. The van der Waals surface area contributed by atoms with Gasteiger partial charge in [-0.1, -0.05) is 67.9 Å². The van der Waals surface area contributed by atoms with Gasteiger partial charge in [-0.25, -0.2) is 0 Å². The number of likely N-dealkylation sites (N-methyl/N-ethyl adjacent to an activating group) is 1. The average Bonchev–Trinajstić information content (AvgIpc) is 3.40. The molecule has 326 valence electrons. The number of allylic oxidation sites excluding steroid dienone is 1. The fourth-order valence-electron chi connectivity index (χ4n) is 14.6. The van der Waals surface area contributed by atoms with Gasteiger partial charge in [-0.15, -0.1) is 0 Å². The highest BCUT2D eigenvalue weighted by atomic mass is 16.5. The Labute approximate surface area is 347 Å². The first-order valence-electron chi connectivity index (χ1n) is 22.2. The largest absolute Gasteiger partial charge is 0.481 e. The number of rotatable bonds is 11. The number of esters is 1. The van der Waals surface area contributed by atoms with Gasteiger partial charge in [0, 0.05) is 23.8 Å². The number of aliphatic carboxylic acids is 1. The van der Waals surface area contributed by atoms with Crippen molar-refractivity contribution in [2.45, 2.75) is 158 Å². The van der Waals surface area contributed by atoms with E-state index in [0.717, 1.165) is 56.1 Å². The Morgan fingerprint density at radius 3 is 2.10 bits per heavy atom. The Balaban J connectivity index is 1.23. The van der Waals surface area contributed by atoms with E-state index in [-0.39, 0.29) is 82.7 Å².